The van der Waals surface area contributed by atoms with E-state index in [1.54, 1.807) is 24.5 Å². The van der Waals surface area contributed by atoms with Crippen molar-refractivity contribution >= 4 is 5.91 Å². The number of aromatic nitrogens is 4. The molecule has 134 valence electrons. The van der Waals surface area contributed by atoms with E-state index in [0.717, 1.165) is 22.8 Å². The summed E-state index contributed by atoms with van der Waals surface area (Å²) in [5, 5.41) is 2.83. The smallest absolute Gasteiger partial charge is 0.271 e. The van der Waals surface area contributed by atoms with Crippen molar-refractivity contribution in [2.24, 2.45) is 0 Å². The number of aryl methyl sites for hydroxylation is 2. The van der Waals surface area contributed by atoms with Gasteiger partial charge in [0, 0.05) is 37.6 Å². The lowest BCUT2D eigenvalue weighted by Crippen LogP contribution is -2.27. The molecule has 3 aromatic rings. The number of rotatable bonds is 6. The molecule has 1 N–H and O–H groups in total. The molecule has 0 aliphatic heterocycles. The van der Waals surface area contributed by atoms with E-state index in [-0.39, 0.29) is 11.7 Å². The SMILES string of the molecule is Cc1cnc(C(=O)NCCc2ncc(C)n2Cc2ccc(F)cc2)cn1. The Morgan fingerprint density at radius 1 is 1.08 bits per heavy atom. The summed E-state index contributed by atoms with van der Waals surface area (Å²) >= 11 is 0. The molecule has 2 aromatic heterocycles. The van der Waals surface area contributed by atoms with Crippen molar-refractivity contribution in [2.45, 2.75) is 26.8 Å². The lowest BCUT2D eigenvalue weighted by atomic mass is 10.2. The molecule has 6 nitrogen and oxygen atoms in total. The molecule has 2 heterocycles. The summed E-state index contributed by atoms with van der Waals surface area (Å²) in [5.41, 5.74) is 3.06. The van der Waals surface area contributed by atoms with Crippen LogP contribution in [0.3, 0.4) is 0 Å². The van der Waals surface area contributed by atoms with Crippen LogP contribution in [0.25, 0.3) is 0 Å². The van der Waals surface area contributed by atoms with E-state index < -0.39 is 0 Å². The molecule has 1 amide bonds. The third-order valence-corrected chi connectivity index (χ3v) is 4.04. The summed E-state index contributed by atoms with van der Waals surface area (Å²) < 4.78 is 15.1. The highest BCUT2D eigenvalue weighted by Crippen LogP contribution is 2.11. The second kappa shape index (κ2) is 7.86. The Bertz CT molecular complexity index is 887. The van der Waals surface area contributed by atoms with E-state index in [1.807, 2.05) is 13.8 Å². The number of carbonyl (C=O) groups is 1. The molecule has 26 heavy (non-hydrogen) atoms. The van der Waals surface area contributed by atoms with Gasteiger partial charge in [-0.05, 0) is 31.5 Å². The third-order valence-electron chi connectivity index (χ3n) is 4.04. The monoisotopic (exact) mass is 353 g/mol. The standard InChI is InChI=1S/C19H20FN5O/c1-13-9-23-17(11-22-13)19(26)21-8-7-18-24-10-14(2)25(18)12-15-3-5-16(20)6-4-15/h3-6,9-11H,7-8,12H2,1-2H3,(H,21,26). The summed E-state index contributed by atoms with van der Waals surface area (Å²) in [7, 11) is 0. The lowest BCUT2D eigenvalue weighted by molar-refractivity contribution is 0.0948. The van der Waals surface area contributed by atoms with Gasteiger partial charge in [-0.2, -0.15) is 0 Å². The van der Waals surface area contributed by atoms with Gasteiger partial charge < -0.3 is 9.88 Å². The maximum absolute atomic E-state index is 13.1. The summed E-state index contributed by atoms with van der Waals surface area (Å²) in [6.07, 6.45) is 5.41. The molecule has 0 saturated heterocycles. The quantitative estimate of drug-likeness (QED) is 0.739. The van der Waals surface area contributed by atoms with Crippen molar-refractivity contribution in [3.63, 3.8) is 0 Å². The summed E-state index contributed by atoms with van der Waals surface area (Å²) in [4.78, 5) is 24.6. The molecule has 0 radical (unpaired) electrons. The first-order valence-electron chi connectivity index (χ1n) is 8.35. The number of hydrogen-bond acceptors (Lipinski definition) is 4. The molecule has 0 aliphatic rings. The molecule has 1 aromatic carbocycles. The van der Waals surface area contributed by atoms with Gasteiger partial charge in [0.05, 0.1) is 11.9 Å². The summed E-state index contributed by atoms with van der Waals surface area (Å²) in [6, 6.07) is 6.42. The van der Waals surface area contributed by atoms with Crippen LogP contribution in [0.5, 0.6) is 0 Å². The first-order valence-corrected chi connectivity index (χ1v) is 8.35. The Balaban J connectivity index is 1.61. The Kier molecular flexibility index (Phi) is 5.36. The second-order valence-corrected chi connectivity index (χ2v) is 6.08. The van der Waals surface area contributed by atoms with Crippen LogP contribution in [0.4, 0.5) is 4.39 Å². The third kappa shape index (κ3) is 4.30. The van der Waals surface area contributed by atoms with Crippen LogP contribution >= 0.6 is 0 Å². The topological polar surface area (TPSA) is 72.7 Å². The van der Waals surface area contributed by atoms with Crippen molar-refractivity contribution in [3.8, 4) is 0 Å². The van der Waals surface area contributed by atoms with Gasteiger partial charge in [-0.25, -0.2) is 14.4 Å². The summed E-state index contributed by atoms with van der Waals surface area (Å²) in [6.45, 7) is 4.84. The number of halogens is 1. The number of amides is 1. The molecule has 0 saturated carbocycles. The van der Waals surface area contributed by atoms with Crippen LogP contribution in [0, 0.1) is 19.7 Å². The molecule has 0 atom stereocenters. The van der Waals surface area contributed by atoms with Crippen LogP contribution < -0.4 is 5.32 Å². The fourth-order valence-corrected chi connectivity index (χ4v) is 2.59. The van der Waals surface area contributed by atoms with E-state index in [0.29, 0.717) is 25.2 Å². The van der Waals surface area contributed by atoms with Crippen LogP contribution in [0.2, 0.25) is 0 Å². The average molecular weight is 353 g/mol. The minimum atomic E-state index is -0.258. The highest BCUT2D eigenvalue weighted by Gasteiger charge is 2.10. The number of nitrogens with zero attached hydrogens (tertiary/aromatic N) is 4. The second-order valence-electron chi connectivity index (χ2n) is 6.08. The minimum absolute atomic E-state index is 0.252. The maximum atomic E-state index is 13.1. The van der Waals surface area contributed by atoms with Crippen LogP contribution in [-0.4, -0.2) is 32.0 Å². The van der Waals surface area contributed by atoms with Gasteiger partial charge in [0.1, 0.15) is 17.3 Å². The molecule has 0 fully saturated rings. The van der Waals surface area contributed by atoms with Crippen molar-refractivity contribution in [3.05, 3.63) is 77.1 Å². The highest BCUT2D eigenvalue weighted by molar-refractivity contribution is 5.91. The largest absolute Gasteiger partial charge is 0.350 e. The van der Waals surface area contributed by atoms with E-state index in [9.17, 15) is 9.18 Å². The van der Waals surface area contributed by atoms with Gasteiger partial charge in [-0.3, -0.25) is 9.78 Å². The Morgan fingerprint density at radius 2 is 1.85 bits per heavy atom. The predicted molar refractivity (Wildman–Crippen MR) is 95.3 cm³/mol. The zero-order valence-corrected chi connectivity index (χ0v) is 14.7. The minimum Gasteiger partial charge on any atom is -0.350 e. The number of hydrogen-bond donors (Lipinski definition) is 1. The molecular formula is C19H20FN5O. The van der Waals surface area contributed by atoms with E-state index in [1.165, 1.54) is 18.3 Å². The van der Waals surface area contributed by atoms with Gasteiger partial charge in [0.25, 0.3) is 5.91 Å². The van der Waals surface area contributed by atoms with Crippen molar-refractivity contribution < 1.29 is 9.18 Å². The van der Waals surface area contributed by atoms with Crippen molar-refractivity contribution in [2.75, 3.05) is 6.54 Å². The molecule has 0 unspecified atom stereocenters. The Labute approximate surface area is 151 Å². The van der Waals surface area contributed by atoms with Crippen molar-refractivity contribution in [1.29, 1.82) is 0 Å². The molecule has 3 rings (SSSR count). The first-order chi connectivity index (χ1) is 12.5. The zero-order chi connectivity index (χ0) is 18.5. The van der Waals surface area contributed by atoms with Gasteiger partial charge in [-0.15, -0.1) is 0 Å². The fourth-order valence-electron chi connectivity index (χ4n) is 2.59. The predicted octanol–water partition coefficient (Wildman–Crippen LogP) is 2.45. The van der Waals surface area contributed by atoms with E-state index in [2.05, 4.69) is 24.8 Å². The number of imidazole rings is 1. The van der Waals surface area contributed by atoms with Gasteiger partial charge in [0.15, 0.2) is 0 Å². The molecule has 0 aliphatic carbocycles. The molecule has 7 heteroatoms. The Hall–Kier alpha value is -3.09. The van der Waals surface area contributed by atoms with Crippen LogP contribution in [0.1, 0.15) is 33.3 Å². The summed E-state index contributed by atoms with van der Waals surface area (Å²) in [5.74, 6) is 0.353. The van der Waals surface area contributed by atoms with E-state index >= 15 is 0 Å². The van der Waals surface area contributed by atoms with Gasteiger partial charge in [-0.1, -0.05) is 12.1 Å². The van der Waals surface area contributed by atoms with Gasteiger partial charge >= 0.3 is 0 Å². The zero-order valence-electron chi connectivity index (χ0n) is 14.7. The van der Waals surface area contributed by atoms with Gasteiger partial charge in [0.2, 0.25) is 0 Å². The fraction of sp³-hybridized carbons (Fsp3) is 0.263. The molecular weight excluding hydrogens is 333 g/mol. The molecule has 0 spiro atoms. The maximum Gasteiger partial charge on any atom is 0.271 e. The average Bonchev–Trinajstić information content (AvgIpc) is 2.97. The first kappa shape index (κ1) is 17.7. The normalized spacial score (nSPS) is 10.7. The van der Waals surface area contributed by atoms with Crippen LogP contribution in [0.15, 0.2) is 42.9 Å². The number of nitrogens with one attached hydrogen (secondary N) is 1. The van der Waals surface area contributed by atoms with E-state index in [4.69, 9.17) is 0 Å². The lowest BCUT2D eigenvalue weighted by Gasteiger charge is -2.11. The molecule has 0 bridgehead atoms. The Morgan fingerprint density at radius 3 is 2.54 bits per heavy atom. The number of benzene rings is 1. The number of carbonyl (C=O) groups excluding carboxylic acids is 1. The van der Waals surface area contributed by atoms with Crippen molar-refractivity contribution in [1.82, 2.24) is 24.8 Å². The highest BCUT2D eigenvalue weighted by atomic mass is 19.1. The van der Waals surface area contributed by atoms with Crippen LogP contribution in [-0.2, 0) is 13.0 Å².